The van der Waals surface area contributed by atoms with E-state index < -0.39 is 18.0 Å². The van der Waals surface area contributed by atoms with Crippen molar-refractivity contribution in [3.8, 4) is 0 Å². The number of carbonyl (C=O) groups excluding carboxylic acids is 1. The molecule has 7 nitrogen and oxygen atoms in total. The van der Waals surface area contributed by atoms with Gasteiger partial charge in [-0.2, -0.15) is 0 Å². The number of amides is 1. The van der Waals surface area contributed by atoms with E-state index in [0.717, 1.165) is 25.8 Å². The second-order valence-electron chi connectivity index (χ2n) is 5.57. The van der Waals surface area contributed by atoms with Crippen molar-refractivity contribution in [2.75, 3.05) is 6.54 Å². The van der Waals surface area contributed by atoms with E-state index in [1.807, 2.05) is 0 Å². The second kappa shape index (κ2) is 6.21. The van der Waals surface area contributed by atoms with Gasteiger partial charge in [-0.15, -0.1) is 0 Å². The Labute approximate surface area is 116 Å². The first kappa shape index (κ1) is 14.8. The van der Waals surface area contributed by atoms with Crippen molar-refractivity contribution in [2.45, 2.75) is 44.2 Å². The van der Waals surface area contributed by atoms with E-state index in [1.165, 1.54) is 0 Å². The van der Waals surface area contributed by atoms with Crippen LogP contribution in [0.2, 0.25) is 0 Å². The maximum Gasteiger partial charge on any atom is 0.326 e. The Balaban J connectivity index is 1.91. The zero-order valence-corrected chi connectivity index (χ0v) is 11.2. The molecule has 0 aromatic carbocycles. The van der Waals surface area contributed by atoms with Crippen molar-refractivity contribution < 1.29 is 24.6 Å². The Kier molecular flexibility index (Phi) is 4.59. The SMILES string of the molecule is O=C(O)CCC(NC(=O)C1NCC2CCCC21)C(=O)O. The molecule has 1 heterocycles. The lowest BCUT2D eigenvalue weighted by molar-refractivity contribution is -0.143. The number of carboxylic acids is 2. The van der Waals surface area contributed by atoms with Gasteiger partial charge in [0.2, 0.25) is 5.91 Å². The quantitative estimate of drug-likeness (QED) is 0.537. The van der Waals surface area contributed by atoms with Gasteiger partial charge in [0.05, 0.1) is 6.04 Å². The monoisotopic (exact) mass is 284 g/mol. The average Bonchev–Trinajstić information content (AvgIpc) is 2.95. The summed E-state index contributed by atoms with van der Waals surface area (Å²) in [6.45, 7) is 0.801. The number of hydrogen-bond donors (Lipinski definition) is 4. The van der Waals surface area contributed by atoms with E-state index >= 15 is 0 Å². The molecule has 1 saturated carbocycles. The van der Waals surface area contributed by atoms with Gasteiger partial charge in [-0.05, 0) is 37.6 Å². The Bertz CT molecular complexity index is 412. The van der Waals surface area contributed by atoms with E-state index in [4.69, 9.17) is 10.2 Å². The molecule has 0 radical (unpaired) electrons. The van der Waals surface area contributed by atoms with Gasteiger partial charge < -0.3 is 20.8 Å². The fourth-order valence-electron chi connectivity index (χ4n) is 3.26. The van der Waals surface area contributed by atoms with Crippen LogP contribution in [0.1, 0.15) is 32.1 Å². The molecule has 20 heavy (non-hydrogen) atoms. The summed E-state index contributed by atoms with van der Waals surface area (Å²) in [5, 5.41) is 23.2. The van der Waals surface area contributed by atoms with E-state index in [-0.39, 0.29) is 30.7 Å². The number of rotatable bonds is 6. The number of carbonyl (C=O) groups is 3. The van der Waals surface area contributed by atoms with Crippen molar-refractivity contribution in [3.05, 3.63) is 0 Å². The largest absolute Gasteiger partial charge is 0.481 e. The Morgan fingerprint density at radius 2 is 2.00 bits per heavy atom. The van der Waals surface area contributed by atoms with Crippen LogP contribution >= 0.6 is 0 Å². The summed E-state index contributed by atoms with van der Waals surface area (Å²) in [5.74, 6) is -1.80. The van der Waals surface area contributed by atoms with Gasteiger partial charge in [-0.1, -0.05) is 6.42 Å². The van der Waals surface area contributed by atoms with Crippen LogP contribution in [-0.2, 0) is 14.4 Å². The van der Waals surface area contributed by atoms with Crippen LogP contribution in [0.5, 0.6) is 0 Å². The molecule has 4 N–H and O–H groups in total. The Hall–Kier alpha value is -1.63. The molecular formula is C13H20N2O5. The van der Waals surface area contributed by atoms with Crippen LogP contribution < -0.4 is 10.6 Å². The zero-order valence-electron chi connectivity index (χ0n) is 11.2. The van der Waals surface area contributed by atoms with E-state index in [0.29, 0.717) is 5.92 Å². The fraction of sp³-hybridized carbons (Fsp3) is 0.769. The molecule has 4 unspecified atom stereocenters. The normalized spacial score (nSPS) is 29.7. The summed E-state index contributed by atoms with van der Waals surface area (Å²) >= 11 is 0. The summed E-state index contributed by atoms with van der Waals surface area (Å²) in [7, 11) is 0. The van der Waals surface area contributed by atoms with Crippen LogP contribution in [0.15, 0.2) is 0 Å². The Morgan fingerprint density at radius 3 is 2.65 bits per heavy atom. The van der Waals surface area contributed by atoms with Gasteiger partial charge >= 0.3 is 11.9 Å². The number of carboxylic acid groups (broad SMARTS) is 2. The molecule has 0 aromatic rings. The van der Waals surface area contributed by atoms with Crippen LogP contribution in [0.25, 0.3) is 0 Å². The number of aliphatic carboxylic acids is 2. The highest BCUT2D eigenvalue weighted by Crippen LogP contribution is 2.37. The third-order valence-corrected chi connectivity index (χ3v) is 4.29. The van der Waals surface area contributed by atoms with E-state index in [9.17, 15) is 14.4 Å². The third kappa shape index (κ3) is 3.27. The molecule has 7 heteroatoms. The molecule has 1 saturated heterocycles. The molecule has 4 atom stereocenters. The van der Waals surface area contributed by atoms with Gasteiger partial charge in [0.15, 0.2) is 0 Å². The summed E-state index contributed by atoms with van der Waals surface area (Å²) in [4.78, 5) is 33.7. The van der Waals surface area contributed by atoms with Gasteiger partial charge in [0.25, 0.3) is 0 Å². The van der Waals surface area contributed by atoms with Crippen molar-refractivity contribution in [1.82, 2.24) is 10.6 Å². The van der Waals surface area contributed by atoms with Crippen molar-refractivity contribution >= 4 is 17.8 Å². The molecule has 1 amide bonds. The highest BCUT2D eigenvalue weighted by molar-refractivity contribution is 5.87. The smallest absolute Gasteiger partial charge is 0.326 e. The van der Waals surface area contributed by atoms with Gasteiger partial charge in [0.1, 0.15) is 6.04 Å². The molecule has 1 aliphatic heterocycles. The molecule has 0 spiro atoms. The molecule has 2 rings (SSSR count). The minimum absolute atomic E-state index is 0.1000. The number of fused-ring (bicyclic) bond motifs is 1. The second-order valence-corrected chi connectivity index (χ2v) is 5.57. The molecule has 2 fully saturated rings. The van der Waals surface area contributed by atoms with Crippen LogP contribution in [0.3, 0.4) is 0 Å². The summed E-state index contributed by atoms with van der Waals surface area (Å²) in [6, 6.07) is -1.48. The molecular weight excluding hydrogens is 264 g/mol. The van der Waals surface area contributed by atoms with Crippen molar-refractivity contribution in [1.29, 1.82) is 0 Å². The number of nitrogens with one attached hydrogen (secondary N) is 2. The number of hydrogen-bond acceptors (Lipinski definition) is 4. The minimum atomic E-state index is -1.19. The molecule has 112 valence electrons. The van der Waals surface area contributed by atoms with E-state index in [1.54, 1.807) is 0 Å². The highest BCUT2D eigenvalue weighted by Gasteiger charge is 2.43. The van der Waals surface area contributed by atoms with Gasteiger partial charge in [-0.3, -0.25) is 9.59 Å². The first-order valence-corrected chi connectivity index (χ1v) is 6.97. The van der Waals surface area contributed by atoms with E-state index in [2.05, 4.69) is 10.6 Å². The highest BCUT2D eigenvalue weighted by atomic mass is 16.4. The average molecular weight is 284 g/mol. The van der Waals surface area contributed by atoms with Crippen LogP contribution in [0.4, 0.5) is 0 Å². The maximum absolute atomic E-state index is 12.2. The summed E-state index contributed by atoms with van der Waals surface area (Å²) < 4.78 is 0. The maximum atomic E-state index is 12.2. The van der Waals surface area contributed by atoms with Gasteiger partial charge in [0, 0.05) is 6.42 Å². The minimum Gasteiger partial charge on any atom is -0.481 e. The van der Waals surface area contributed by atoms with Crippen LogP contribution in [0, 0.1) is 11.8 Å². The predicted molar refractivity (Wildman–Crippen MR) is 69.1 cm³/mol. The third-order valence-electron chi connectivity index (χ3n) is 4.29. The fourth-order valence-corrected chi connectivity index (χ4v) is 3.26. The summed E-state index contributed by atoms with van der Waals surface area (Å²) in [5.41, 5.74) is 0. The predicted octanol–water partition coefficient (Wildman–Crippen LogP) is -0.191. The molecule has 2 aliphatic rings. The first-order chi connectivity index (χ1) is 9.49. The van der Waals surface area contributed by atoms with Crippen molar-refractivity contribution in [3.63, 3.8) is 0 Å². The van der Waals surface area contributed by atoms with Gasteiger partial charge in [-0.25, -0.2) is 4.79 Å². The molecule has 0 aromatic heterocycles. The lowest BCUT2D eigenvalue weighted by Gasteiger charge is -2.20. The molecule has 0 bridgehead atoms. The molecule has 1 aliphatic carbocycles. The topological polar surface area (TPSA) is 116 Å². The lowest BCUT2D eigenvalue weighted by Crippen LogP contribution is -2.50. The zero-order chi connectivity index (χ0) is 14.7. The standard InChI is InChI=1S/C13H20N2O5/c16-10(17)5-4-9(13(19)20)15-12(18)11-8-3-1-2-7(8)6-14-11/h7-9,11,14H,1-6H2,(H,15,18)(H,16,17)(H,19,20). The van der Waals surface area contributed by atoms with Crippen LogP contribution in [-0.4, -0.2) is 46.7 Å². The van der Waals surface area contributed by atoms with Crippen molar-refractivity contribution in [2.24, 2.45) is 11.8 Å². The Morgan fingerprint density at radius 1 is 1.25 bits per heavy atom. The lowest BCUT2D eigenvalue weighted by atomic mass is 9.93. The summed E-state index contributed by atoms with van der Waals surface area (Å²) in [6.07, 6.45) is 2.84. The first-order valence-electron chi connectivity index (χ1n) is 6.97.